The van der Waals surface area contributed by atoms with Crippen molar-refractivity contribution in [3.63, 3.8) is 0 Å². The van der Waals surface area contributed by atoms with Crippen molar-refractivity contribution in [1.82, 2.24) is 5.32 Å². The minimum absolute atomic E-state index is 0.0767. The van der Waals surface area contributed by atoms with E-state index in [-0.39, 0.29) is 12.1 Å². The lowest BCUT2D eigenvalue weighted by molar-refractivity contribution is 0.309. The van der Waals surface area contributed by atoms with Gasteiger partial charge in [-0.15, -0.1) is 0 Å². The maximum absolute atomic E-state index is 6.13. The van der Waals surface area contributed by atoms with Crippen LogP contribution in [0, 0.1) is 5.92 Å². The summed E-state index contributed by atoms with van der Waals surface area (Å²) in [5.74, 6) is 2.03. The number of dihydropyridines is 1. The SMILES string of the molecule is CCCCOc1ccc(OC)c(NCC2=C(C)C3C(N)=NC(N)NC3N=C2)c1. The molecular weight excluding hydrogens is 356 g/mol. The number of nitrogens with two attached hydrogens (primary N) is 2. The van der Waals surface area contributed by atoms with E-state index < -0.39 is 6.29 Å². The summed E-state index contributed by atoms with van der Waals surface area (Å²) in [7, 11) is 1.66. The highest BCUT2D eigenvalue weighted by atomic mass is 16.5. The van der Waals surface area contributed by atoms with E-state index in [1.165, 1.54) is 0 Å². The van der Waals surface area contributed by atoms with Gasteiger partial charge >= 0.3 is 0 Å². The predicted molar refractivity (Wildman–Crippen MR) is 113 cm³/mol. The minimum Gasteiger partial charge on any atom is -0.495 e. The van der Waals surface area contributed by atoms with Crippen LogP contribution in [-0.2, 0) is 0 Å². The van der Waals surface area contributed by atoms with Crippen molar-refractivity contribution in [2.45, 2.75) is 39.1 Å². The third-order valence-electron chi connectivity index (χ3n) is 5.03. The molecule has 0 saturated carbocycles. The molecule has 0 saturated heterocycles. The summed E-state index contributed by atoms with van der Waals surface area (Å²) < 4.78 is 11.3. The van der Waals surface area contributed by atoms with E-state index in [0.29, 0.717) is 19.0 Å². The van der Waals surface area contributed by atoms with E-state index in [4.69, 9.17) is 20.9 Å². The molecule has 3 atom stereocenters. The molecule has 0 aliphatic carbocycles. The van der Waals surface area contributed by atoms with Gasteiger partial charge in [-0.25, -0.2) is 4.99 Å². The zero-order chi connectivity index (χ0) is 20.1. The standard InChI is InChI=1S/C20H30N6O2/c1-4-5-8-28-14-6-7-16(27-3)15(9-14)23-10-13-11-24-19-17(12(13)2)18(21)25-20(22)26-19/h6-7,9,11,17,19-20,23,26H,4-5,8,10,22H2,1-3H3,(H2,21,25). The molecule has 1 aromatic carbocycles. The third-order valence-corrected chi connectivity index (χ3v) is 5.03. The number of hydrogen-bond acceptors (Lipinski definition) is 8. The largest absolute Gasteiger partial charge is 0.495 e. The Bertz CT molecular complexity index is 789. The van der Waals surface area contributed by atoms with Crippen LogP contribution in [0.1, 0.15) is 26.7 Å². The fourth-order valence-corrected chi connectivity index (χ4v) is 3.40. The lowest BCUT2D eigenvalue weighted by Gasteiger charge is -2.35. The number of amidine groups is 1. The number of unbranched alkanes of at least 4 members (excludes halogenated alkanes) is 1. The minimum atomic E-state index is -0.509. The average Bonchev–Trinajstić information content (AvgIpc) is 2.67. The van der Waals surface area contributed by atoms with Gasteiger partial charge in [-0.05, 0) is 31.1 Å². The molecule has 0 aromatic heterocycles. The van der Waals surface area contributed by atoms with Gasteiger partial charge in [0.25, 0.3) is 0 Å². The van der Waals surface area contributed by atoms with Gasteiger partial charge in [0.1, 0.15) is 23.5 Å². The first-order valence-corrected chi connectivity index (χ1v) is 9.65. The van der Waals surface area contributed by atoms with Crippen molar-refractivity contribution in [2.24, 2.45) is 27.4 Å². The van der Waals surface area contributed by atoms with Gasteiger partial charge in [0, 0.05) is 18.8 Å². The van der Waals surface area contributed by atoms with Crippen molar-refractivity contribution in [1.29, 1.82) is 0 Å². The lowest BCUT2D eigenvalue weighted by Crippen LogP contribution is -2.55. The molecule has 28 heavy (non-hydrogen) atoms. The predicted octanol–water partition coefficient (Wildman–Crippen LogP) is 1.83. The average molecular weight is 387 g/mol. The Kier molecular flexibility index (Phi) is 6.53. The number of methoxy groups -OCH3 is 1. The summed E-state index contributed by atoms with van der Waals surface area (Å²) in [6.07, 6.45) is 3.32. The van der Waals surface area contributed by atoms with Gasteiger partial charge < -0.3 is 20.5 Å². The lowest BCUT2D eigenvalue weighted by atomic mass is 9.88. The number of rotatable bonds is 8. The normalized spacial score (nSPS) is 23.9. The first-order valence-electron chi connectivity index (χ1n) is 9.65. The van der Waals surface area contributed by atoms with E-state index >= 15 is 0 Å². The van der Waals surface area contributed by atoms with Gasteiger partial charge in [-0.2, -0.15) is 0 Å². The van der Waals surface area contributed by atoms with Crippen LogP contribution in [0.3, 0.4) is 0 Å². The number of nitrogens with one attached hydrogen (secondary N) is 2. The first-order chi connectivity index (χ1) is 13.5. The number of nitrogens with zero attached hydrogens (tertiary/aromatic N) is 2. The quantitative estimate of drug-likeness (QED) is 0.506. The summed E-state index contributed by atoms with van der Waals surface area (Å²) in [5, 5.41) is 6.58. The number of aliphatic imine (C=N–C) groups is 2. The summed E-state index contributed by atoms with van der Waals surface area (Å²) >= 11 is 0. The molecule has 0 amide bonds. The number of anilines is 1. The molecule has 6 N–H and O–H groups in total. The molecule has 3 rings (SSSR count). The van der Waals surface area contributed by atoms with Crippen LogP contribution < -0.4 is 31.6 Å². The molecule has 0 spiro atoms. The highest BCUT2D eigenvalue weighted by molar-refractivity contribution is 5.92. The molecule has 3 unspecified atom stereocenters. The molecular formula is C20H30N6O2. The van der Waals surface area contributed by atoms with Crippen LogP contribution in [0.4, 0.5) is 5.69 Å². The van der Waals surface area contributed by atoms with E-state index in [2.05, 4.69) is 34.5 Å². The molecule has 0 fully saturated rings. The monoisotopic (exact) mass is 386 g/mol. The van der Waals surface area contributed by atoms with Crippen molar-refractivity contribution < 1.29 is 9.47 Å². The Balaban J connectivity index is 1.73. The summed E-state index contributed by atoms with van der Waals surface area (Å²) in [4.78, 5) is 8.82. The maximum Gasteiger partial charge on any atom is 0.154 e. The molecule has 8 nitrogen and oxygen atoms in total. The van der Waals surface area contributed by atoms with Crippen LogP contribution in [0.15, 0.2) is 39.3 Å². The molecule has 2 aliphatic rings. The van der Waals surface area contributed by atoms with Crippen LogP contribution in [0.5, 0.6) is 11.5 Å². The van der Waals surface area contributed by atoms with E-state index in [9.17, 15) is 0 Å². The van der Waals surface area contributed by atoms with Crippen molar-refractivity contribution in [3.8, 4) is 11.5 Å². The fourth-order valence-electron chi connectivity index (χ4n) is 3.40. The zero-order valence-corrected chi connectivity index (χ0v) is 16.7. The fraction of sp³-hybridized carbons (Fsp3) is 0.500. The number of ether oxygens (including phenoxy) is 2. The maximum atomic E-state index is 6.13. The third kappa shape index (κ3) is 4.45. The summed E-state index contributed by atoms with van der Waals surface area (Å²) in [6.45, 7) is 5.49. The number of fused-ring (bicyclic) bond motifs is 1. The van der Waals surface area contributed by atoms with Crippen LogP contribution in [0.2, 0.25) is 0 Å². The Morgan fingerprint density at radius 2 is 2.14 bits per heavy atom. The van der Waals surface area contributed by atoms with Crippen LogP contribution in [0.25, 0.3) is 0 Å². The second-order valence-corrected chi connectivity index (χ2v) is 6.99. The topological polar surface area (TPSA) is 119 Å². The molecule has 0 bridgehead atoms. The van der Waals surface area contributed by atoms with Crippen LogP contribution in [-0.4, -0.2) is 44.8 Å². The molecule has 0 radical (unpaired) electrons. The molecule has 2 heterocycles. The van der Waals surface area contributed by atoms with Crippen molar-refractivity contribution >= 4 is 17.7 Å². The summed E-state index contributed by atoms with van der Waals surface area (Å²) in [6, 6.07) is 5.79. The van der Waals surface area contributed by atoms with Crippen LogP contribution >= 0.6 is 0 Å². The first kappa shape index (κ1) is 20.2. The number of hydrogen-bond donors (Lipinski definition) is 4. The number of benzene rings is 1. The van der Waals surface area contributed by atoms with Crippen molar-refractivity contribution in [3.05, 3.63) is 29.3 Å². The molecule has 8 heteroatoms. The van der Waals surface area contributed by atoms with Gasteiger partial charge in [0.05, 0.1) is 25.3 Å². The van der Waals surface area contributed by atoms with E-state index in [1.807, 2.05) is 24.4 Å². The Morgan fingerprint density at radius 1 is 1.32 bits per heavy atom. The highest BCUT2D eigenvalue weighted by Crippen LogP contribution is 2.31. The highest BCUT2D eigenvalue weighted by Gasteiger charge is 2.34. The zero-order valence-electron chi connectivity index (χ0n) is 16.7. The molecule has 152 valence electrons. The molecule has 2 aliphatic heterocycles. The second kappa shape index (κ2) is 9.07. The van der Waals surface area contributed by atoms with Gasteiger partial charge in [-0.1, -0.05) is 18.9 Å². The van der Waals surface area contributed by atoms with Gasteiger partial charge in [0.2, 0.25) is 0 Å². The summed E-state index contributed by atoms with van der Waals surface area (Å²) in [5.41, 5.74) is 15.0. The van der Waals surface area contributed by atoms with E-state index in [0.717, 1.165) is 41.2 Å². The Hall–Kier alpha value is -2.58. The smallest absolute Gasteiger partial charge is 0.154 e. The van der Waals surface area contributed by atoms with E-state index in [1.54, 1.807) is 7.11 Å². The molecule has 1 aromatic rings. The Labute approximate surface area is 166 Å². The second-order valence-electron chi connectivity index (χ2n) is 6.99. The van der Waals surface area contributed by atoms with Gasteiger partial charge in [0.15, 0.2) is 6.29 Å². The van der Waals surface area contributed by atoms with Crippen molar-refractivity contribution in [2.75, 3.05) is 25.6 Å². The Morgan fingerprint density at radius 3 is 2.89 bits per heavy atom. The van der Waals surface area contributed by atoms with Gasteiger partial charge in [-0.3, -0.25) is 16.0 Å².